The van der Waals surface area contributed by atoms with Crippen molar-refractivity contribution in [1.82, 2.24) is 4.90 Å². The summed E-state index contributed by atoms with van der Waals surface area (Å²) in [5, 5.41) is 13.4. The molecule has 0 spiro atoms. The van der Waals surface area contributed by atoms with E-state index in [1.54, 1.807) is 24.3 Å². The number of Topliss-reactive ketones (excluding diaryl/α,β-unsaturated/α-hetero) is 1. The van der Waals surface area contributed by atoms with Gasteiger partial charge in [0.25, 0.3) is 11.7 Å². The summed E-state index contributed by atoms with van der Waals surface area (Å²) in [5.41, 5.74) is 0.859. The van der Waals surface area contributed by atoms with Gasteiger partial charge in [-0.25, -0.2) is 4.39 Å². The van der Waals surface area contributed by atoms with E-state index in [0.29, 0.717) is 11.3 Å². The van der Waals surface area contributed by atoms with Crippen molar-refractivity contribution >= 4 is 52.0 Å². The van der Waals surface area contributed by atoms with Crippen LogP contribution in [0.5, 0.6) is 5.75 Å². The monoisotopic (exact) mass is 505 g/mol. The number of likely N-dealkylation sites (tertiary alicyclic amines) is 1. The number of hydrogen-bond donors (Lipinski definition) is 1. The standard InChI is InChI=1S/C24H18Cl2FNO4S/c1-32-23-16(11-14(25)12-17(23)26)21(29)19-20(18-3-2-10-33-18)28(24(31)22(19)30)9-8-13-4-6-15(27)7-5-13/h2-7,10-12,20,29H,8-9H2,1H3/b21-19-. The number of aliphatic hydroxyl groups excluding tert-OH is 1. The summed E-state index contributed by atoms with van der Waals surface area (Å²) in [6.45, 7) is 0.197. The number of aliphatic hydroxyl groups is 1. The molecule has 1 aliphatic heterocycles. The highest BCUT2D eigenvalue weighted by Crippen LogP contribution is 2.44. The van der Waals surface area contributed by atoms with Gasteiger partial charge in [0.05, 0.1) is 29.3 Å². The minimum atomic E-state index is -0.817. The van der Waals surface area contributed by atoms with Crippen molar-refractivity contribution in [3.05, 3.63) is 91.4 Å². The molecule has 1 atom stereocenters. The van der Waals surface area contributed by atoms with E-state index in [-0.39, 0.29) is 39.3 Å². The molecule has 1 amide bonds. The number of carbonyl (C=O) groups is 2. The van der Waals surface area contributed by atoms with Gasteiger partial charge in [-0.3, -0.25) is 9.59 Å². The number of nitrogens with zero attached hydrogens (tertiary/aromatic N) is 1. The zero-order chi connectivity index (χ0) is 23.7. The third kappa shape index (κ3) is 4.49. The Morgan fingerprint density at radius 2 is 1.91 bits per heavy atom. The molecule has 1 aliphatic rings. The molecular weight excluding hydrogens is 488 g/mol. The molecule has 2 aromatic carbocycles. The lowest BCUT2D eigenvalue weighted by Crippen LogP contribution is -2.31. The highest BCUT2D eigenvalue weighted by molar-refractivity contribution is 7.10. The third-order valence-electron chi connectivity index (χ3n) is 5.37. The average molecular weight is 506 g/mol. The molecule has 33 heavy (non-hydrogen) atoms. The second kappa shape index (κ2) is 9.55. The van der Waals surface area contributed by atoms with Crippen LogP contribution in [0.1, 0.15) is 22.0 Å². The van der Waals surface area contributed by atoms with Gasteiger partial charge in [-0.2, -0.15) is 0 Å². The van der Waals surface area contributed by atoms with Gasteiger partial charge >= 0.3 is 0 Å². The molecule has 1 saturated heterocycles. The fourth-order valence-corrected chi connectivity index (χ4v) is 5.26. The first kappa shape index (κ1) is 23.3. The van der Waals surface area contributed by atoms with Crippen LogP contribution in [0.4, 0.5) is 4.39 Å². The second-order valence-electron chi connectivity index (χ2n) is 7.35. The summed E-state index contributed by atoms with van der Waals surface area (Å²) in [4.78, 5) is 28.2. The quantitative estimate of drug-likeness (QED) is 0.258. The Hall–Kier alpha value is -2.87. The molecule has 3 aromatic rings. The van der Waals surface area contributed by atoms with E-state index >= 15 is 0 Å². The fourth-order valence-electron chi connectivity index (χ4n) is 3.84. The van der Waals surface area contributed by atoms with Crippen molar-refractivity contribution in [2.24, 2.45) is 0 Å². The van der Waals surface area contributed by atoms with Gasteiger partial charge in [0, 0.05) is 16.4 Å². The second-order valence-corrected chi connectivity index (χ2v) is 9.18. The summed E-state index contributed by atoms with van der Waals surface area (Å²) < 4.78 is 18.6. The number of rotatable bonds is 6. The molecule has 1 fully saturated rings. The van der Waals surface area contributed by atoms with Crippen LogP contribution in [0, 0.1) is 5.82 Å². The largest absolute Gasteiger partial charge is 0.507 e. The molecule has 0 radical (unpaired) electrons. The molecule has 4 rings (SSSR count). The Kier molecular flexibility index (Phi) is 6.74. The Morgan fingerprint density at radius 1 is 1.18 bits per heavy atom. The molecule has 1 aromatic heterocycles. The maximum atomic E-state index is 13.2. The SMILES string of the molecule is COc1c(Cl)cc(Cl)cc1/C(O)=C1/C(=O)C(=O)N(CCc2ccc(F)cc2)C1c1cccs1. The average Bonchev–Trinajstić information content (AvgIpc) is 3.40. The van der Waals surface area contributed by atoms with Crippen molar-refractivity contribution in [3.8, 4) is 5.75 Å². The number of carbonyl (C=O) groups excluding carboxylic acids is 2. The Morgan fingerprint density at radius 3 is 2.55 bits per heavy atom. The highest BCUT2D eigenvalue weighted by Gasteiger charge is 2.46. The van der Waals surface area contributed by atoms with Crippen molar-refractivity contribution < 1.29 is 23.8 Å². The summed E-state index contributed by atoms with van der Waals surface area (Å²) in [7, 11) is 1.38. The van der Waals surface area contributed by atoms with Crippen molar-refractivity contribution in [2.45, 2.75) is 12.5 Å². The first-order chi connectivity index (χ1) is 15.8. The Labute approximate surface area is 203 Å². The van der Waals surface area contributed by atoms with Crippen LogP contribution in [-0.2, 0) is 16.0 Å². The molecule has 9 heteroatoms. The van der Waals surface area contributed by atoms with Gasteiger partial charge in [0.15, 0.2) is 0 Å². The van der Waals surface area contributed by atoms with Gasteiger partial charge in [-0.1, -0.05) is 41.4 Å². The predicted octanol–water partition coefficient (Wildman–Crippen LogP) is 5.87. The Bertz CT molecular complexity index is 1240. The van der Waals surface area contributed by atoms with Crippen LogP contribution in [-0.4, -0.2) is 35.4 Å². The molecule has 2 heterocycles. The summed E-state index contributed by atoms with van der Waals surface area (Å²) in [5.74, 6) is -2.18. The van der Waals surface area contributed by atoms with Crippen LogP contribution in [0.15, 0.2) is 59.5 Å². The lowest BCUT2D eigenvalue weighted by molar-refractivity contribution is -0.139. The van der Waals surface area contributed by atoms with Gasteiger partial charge < -0.3 is 14.7 Å². The zero-order valence-corrected chi connectivity index (χ0v) is 19.7. The first-order valence-electron chi connectivity index (χ1n) is 9.91. The Balaban J connectivity index is 1.80. The maximum Gasteiger partial charge on any atom is 0.295 e. The van der Waals surface area contributed by atoms with Crippen LogP contribution >= 0.6 is 34.5 Å². The van der Waals surface area contributed by atoms with E-state index in [1.165, 1.54) is 47.6 Å². The number of ketones is 1. The van der Waals surface area contributed by atoms with E-state index in [0.717, 1.165) is 5.56 Å². The first-order valence-corrected chi connectivity index (χ1v) is 11.5. The lowest BCUT2D eigenvalue weighted by atomic mass is 9.99. The van der Waals surface area contributed by atoms with Gasteiger partial charge in [-0.05, 0) is 47.7 Å². The molecule has 170 valence electrons. The van der Waals surface area contributed by atoms with E-state index in [2.05, 4.69) is 0 Å². The smallest absolute Gasteiger partial charge is 0.295 e. The number of amides is 1. The highest BCUT2D eigenvalue weighted by atomic mass is 35.5. The van der Waals surface area contributed by atoms with Gasteiger partial charge in [-0.15, -0.1) is 11.3 Å². The lowest BCUT2D eigenvalue weighted by Gasteiger charge is -2.24. The number of hydrogen-bond acceptors (Lipinski definition) is 5. The number of halogens is 3. The van der Waals surface area contributed by atoms with Crippen LogP contribution in [0.2, 0.25) is 10.0 Å². The molecule has 0 bridgehead atoms. The molecule has 0 saturated carbocycles. The van der Waals surface area contributed by atoms with Gasteiger partial charge in [0.2, 0.25) is 0 Å². The number of methoxy groups -OCH3 is 1. The van der Waals surface area contributed by atoms with E-state index in [4.69, 9.17) is 27.9 Å². The van der Waals surface area contributed by atoms with Crippen LogP contribution in [0.3, 0.4) is 0 Å². The van der Waals surface area contributed by atoms with Crippen molar-refractivity contribution in [1.29, 1.82) is 0 Å². The van der Waals surface area contributed by atoms with Crippen LogP contribution < -0.4 is 4.74 Å². The number of ether oxygens (including phenoxy) is 1. The fraction of sp³-hybridized carbons (Fsp3) is 0.167. The maximum absolute atomic E-state index is 13.2. The minimum Gasteiger partial charge on any atom is -0.507 e. The third-order valence-corrected chi connectivity index (χ3v) is 6.80. The predicted molar refractivity (Wildman–Crippen MR) is 126 cm³/mol. The topological polar surface area (TPSA) is 66.8 Å². The van der Waals surface area contributed by atoms with E-state index in [1.807, 2.05) is 5.38 Å². The summed E-state index contributed by atoms with van der Waals surface area (Å²) in [6.07, 6.45) is 0.404. The summed E-state index contributed by atoms with van der Waals surface area (Å²) >= 11 is 13.7. The molecule has 5 nitrogen and oxygen atoms in total. The van der Waals surface area contributed by atoms with Crippen molar-refractivity contribution in [2.75, 3.05) is 13.7 Å². The normalized spacial score (nSPS) is 17.6. The number of benzene rings is 2. The molecule has 1 unspecified atom stereocenters. The van der Waals surface area contributed by atoms with Crippen LogP contribution in [0.25, 0.3) is 5.76 Å². The van der Waals surface area contributed by atoms with E-state index < -0.39 is 23.5 Å². The zero-order valence-electron chi connectivity index (χ0n) is 17.3. The molecule has 1 N–H and O–H groups in total. The molecular formula is C24H18Cl2FNO4S. The van der Waals surface area contributed by atoms with Crippen molar-refractivity contribution in [3.63, 3.8) is 0 Å². The summed E-state index contributed by atoms with van der Waals surface area (Å²) in [6, 6.07) is 11.6. The van der Waals surface area contributed by atoms with E-state index in [9.17, 15) is 19.1 Å². The minimum absolute atomic E-state index is 0.0711. The van der Waals surface area contributed by atoms with Gasteiger partial charge in [0.1, 0.15) is 17.3 Å². The number of thiophene rings is 1. The molecule has 0 aliphatic carbocycles.